The summed E-state index contributed by atoms with van der Waals surface area (Å²) in [4.78, 5) is 3.88. The lowest BCUT2D eigenvalue weighted by Gasteiger charge is -2.01. The fourth-order valence-electron chi connectivity index (χ4n) is 1.07. The van der Waals surface area contributed by atoms with Crippen molar-refractivity contribution in [3.8, 4) is 11.1 Å². The fraction of sp³-hybridized carbons (Fsp3) is 0. The van der Waals surface area contributed by atoms with Gasteiger partial charge in [0.1, 0.15) is 6.39 Å². The van der Waals surface area contributed by atoms with Crippen LogP contribution in [0, 0.1) is 5.21 Å². The van der Waals surface area contributed by atoms with Crippen LogP contribution >= 0.6 is 11.6 Å². The van der Waals surface area contributed by atoms with E-state index < -0.39 is 0 Å². The van der Waals surface area contributed by atoms with Gasteiger partial charge in [-0.15, -0.1) is 0 Å². The summed E-state index contributed by atoms with van der Waals surface area (Å²) in [5.41, 5.74) is 0.722. The van der Waals surface area contributed by atoms with Crippen LogP contribution in [0.2, 0.25) is 5.02 Å². The molecule has 4 heteroatoms. The van der Waals surface area contributed by atoms with Crippen molar-refractivity contribution in [1.82, 2.24) is 4.98 Å². The molecule has 0 bridgehead atoms. The van der Waals surface area contributed by atoms with Crippen molar-refractivity contribution in [3.63, 3.8) is 0 Å². The molecular weight excluding hydrogens is 200 g/mol. The van der Waals surface area contributed by atoms with Gasteiger partial charge in [0.15, 0.2) is 12.4 Å². The highest BCUT2D eigenvalue weighted by Gasteiger charge is 2.03. The van der Waals surface area contributed by atoms with Gasteiger partial charge in [0.05, 0.1) is 6.93 Å². The first kappa shape index (κ1) is 6.79. The average molecular weight is 209 g/mol. The molecule has 0 aliphatic heterocycles. The van der Waals surface area contributed by atoms with Gasteiger partial charge in [-0.05, 0) is 12.1 Å². The molecule has 0 fully saturated rings. The molecule has 0 aliphatic carbocycles. The van der Waals surface area contributed by atoms with Crippen LogP contribution in [-0.4, -0.2) is 4.98 Å². The monoisotopic (exact) mass is 208 g/mol. The average Bonchev–Trinajstić information content (AvgIpc) is 2.28. The largest absolute Gasteiger partial charge is 0.619 e. The highest BCUT2D eigenvalue weighted by atomic mass is 35.5. The molecule has 0 spiro atoms. The topological polar surface area (TPSA) is 39.8 Å². The lowest BCUT2D eigenvalue weighted by atomic mass is 10.1. The molecule has 0 saturated heterocycles. The first-order valence-corrected chi connectivity index (χ1v) is 4.28. The molecule has 2 aromatic heterocycles. The summed E-state index contributed by atoms with van der Waals surface area (Å²) >= 11 is 5.73. The Morgan fingerprint density at radius 1 is 1.50 bits per heavy atom. The number of aromatic nitrogens is 2. The van der Waals surface area contributed by atoms with Crippen LogP contribution in [0.25, 0.3) is 11.1 Å². The van der Waals surface area contributed by atoms with Crippen LogP contribution < -0.4 is 4.73 Å². The van der Waals surface area contributed by atoms with Crippen molar-refractivity contribution in [3.05, 3.63) is 53.2 Å². The van der Waals surface area contributed by atoms with Crippen molar-refractivity contribution < 1.29 is 7.47 Å². The molecule has 0 saturated carbocycles. The van der Waals surface area contributed by atoms with Crippen LogP contribution in [0.15, 0.2) is 42.9 Å². The van der Waals surface area contributed by atoms with Crippen molar-refractivity contribution in [2.75, 3.05) is 0 Å². The number of hydrogen-bond donors (Lipinski definition) is 0. The Labute approximate surface area is 89.0 Å². The summed E-state index contributed by atoms with van der Waals surface area (Å²) in [5, 5.41) is 11.3. The molecule has 2 rings (SSSR count). The number of halogens is 1. The number of pyridine rings is 2. The molecule has 0 unspecified atom stereocenters. The Balaban J connectivity index is 2.74. The normalized spacial score (nSPS) is 12.1. The SMILES string of the molecule is [2H]c1c(Cl)c[n+]([O-])c([2H])c1-c1cccnc1. The van der Waals surface area contributed by atoms with E-state index in [4.69, 9.17) is 14.3 Å². The maximum atomic E-state index is 11.3. The number of hydrogen-bond acceptors (Lipinski definition) is 2. The minimum absolute atomic E-state index is 0.0184. The summed E-state index contributed by atoms with van der Waals surface area (Å²) < 4.78 is 15.7. The second-order valence-electron chi connectivity index (χ2n) is 2.66. The van der Waals surface area contributed by atoms with E-state index in [1.165, 1.54) is 6.20 Å². The third-order valence-electron chi connectivity index (χ3n) is 1.65. The predicted octanol–water partition coefficient (Wildman–Crippen LogP) is 2.04. The Hall–Kier alpha value is -1.61. The van der Waals surface area contributed by atoms with E-state index in [2.05, 4.69) is 4.98 Å². The minimum atomic E-state index is -0.303. The summed E-state index contributed by atoms with van der Waals surface area (Å²) in [6.07, 6.45) is 3.77. The van der Waals surface area contributed by atoms with Crippen LogP contribution in [-0.2, 0) is 0 Å². The van der Waals surface area contributed by atoms with Crippen molar-refractivity contribution in [2.45, 2.75) is 0 Å². The van der Waals surface area contributed by atoms with E-state index in [1.54, 1.807) is 18.3 Å². The van der Waals surface area contributed by atoms with E-state index in [-0.39, 0.29) is 22.8 Å². The fourth-order valence-corrected chi connectivity index (χ4v) is 1.26. The maximum Gasteiger partial charge on any atom is 0.199 e. The minimum Gasteiger partial charge on any atom is -0.619 e. The molecule has 0 amide bonds. The van der Waals surface area contributed by atoms with Gasteiger partial charge >= 0.3 is 0 Å². The number of rotatable bonds is 1. The standard InChI is InChI=1S/C10H7ClN2O/c11-10-4-9(6-13(14)7-10)8-2-1-3-12-5-8/h1-7H/i4D,6D. The Bertz CT molecular complexity index is 508. The van der Waals surface area contributed by atoms with E-state index in [1.807, 2.05) is 0 Å². The summed E-state index contributed by atoms with van der Waals surface area (Å²) in [5.74, 6) is 0. The van der Waals surface area contributed by atoms with Gasteiger partial charge in [0.25, 0.3) is 0 Å². The molecular formula is C10H7ClN2O. The molecule has 0 atom stereocenters. The molecule has 0 N–H and O–H groups in total. The van der Waals surface area contributed by atoms with Gasteiger partial charge in [0.2, 0.25) is 0 Å². The third kappa shape index (κ3) is 1.83. The van der Waals surface area contributed by atoms with Gasteiger partial charge in [-0.3, -0.25) is 4.98 Å². The van der Waals surface area contributed by atoms with Gasteiger partial charge < -0.3 is 5.21 Å². The lowest BCUT2D eigenvalue weighted by molar-refractivity contribution is -0.604. The van der Waals surface area contributed by atoms with Crippen LogP contribution in [0.5, 0.6) is 0 Å². The van der Waals surface area contributed by atoms with E-state index >= 15 is 0 Å². The van der Waals surface area contributed by atoms with Gasteiger partial charge in [-0.2, -0.15) is 4.73 Å². The molecule has 70 valence electrons. The van der Waals surface area contributed by atoms with E-state index in [0.717, 1.165) is 6.20 Å². The molecule has 2 heterocycles. The quantitative estimate of drug-likeness (QED) is 0.532. The lowest BCUT2D eigenvalue weighted by Crippen LogP contribution is -2.24. The number of nitrogens with zero attached hydrogens (tertiary/aromatic N) is 2. The third-order valence-corrected chi connectivity index (χ3v) is 1.84. The molecule has 0 radical (unpaired) electrons. The molecule has 3 nitrogen and oxygen atoms in total. The summed E-state index contributed by atoms with van der Waals surface area (Å²) in [6.45, 7) is 0. The van der Waals surface area contributed by atoms with Crippen molar-refractivity contribution >= 4 is 11.6 Å². The van der Waals surface area contributed by atoms with E-state index in [0.29, 0.717) is 10.3 Å². The maximum absolute atomic E-state index is 11.3. The Morgan fingerprint density at radius 2 is 2.36 bits per heavy atom. The zero-order valence-electron chi connectivity index (χ0n) is 9.07. The van der Waals surface area contributed by atoms with Gasteiger partial charge in [-0.1, -0.05) is 17.7 Å². The zero-order chi connectivity index (χ0) is 11.7. The highest BCUT2D eigenvalue weighted by Crippen LogP contribution is 2.19. The molecule has 14 heavy (non-hydrogen) atoms. The molecule has 0 aromatic carbocycles. The van der Waals surface area contributed by atoms with Gasteiger partial charge in [-0.25, -0.2) is 0 Å². The molecule has 0 aliphatic rings. The zero-order valence-corrected chi connectivity index (χ0v) is 7.82. The highest BCUT2D eigenvalue weighted by molar-refractivity contribution is 6.30. The van der Waals surface area contributed by atoms with E-state index in [9.17, 15) is 5.21 Å². The first-order chi connectivity index (χ1) is 7.61. The second kappa shape index (κ2) is 3.64. The second-order valence-corrected chi connectivity index (χ2v) is 3.06. The first-order valence-electron chi connectivity index (χ1n) is 4.90. The summed E-state index contributed by atoms with van der Waals surface area (Å²) in [6, 6.07) is 3.31. The summed E-state index contributed by atoms with van der Waals surface area (Å²) in [7, 11) is 0. The van der Waals surface area contributed by atoms with Crippen molar-refractivity contribution in [2.24, 2.45) is 0 Å². The smallest absolute Gasteiger partial charge is 0.199 e. The Morgan fingerprint density at radius 3 is 3.07 bits per heavy atom. The van der Waals surface area contributed by atoms with Gasteiger partial charge in [0, 0.05) is 18.0 Å². The Kier molecular flexibility index (Phi) is 1.76. The predicted molar refractivity (Wildman–Crippen MR) is 53.6 cm³/mol. The molecule has 2 aromatic rings. The van der Waals surface area contributed by atoms with Crippen LogP contribution in [0.3, 0.4) is 0 Å². The van der Waals surface area contributed by atoms with Crippen molar-refractivity contribution in [1.29, 1.82) is 0 Å². The van der Waals surface area contributed by atoms with Crippen LogP contribution in [0.1, 0.15) is 2.74 Å². The van der Waals surface area contributed by atoms with Crippen LogP contribution in [0.4, 0.5) is 0 Å².